The molecular weight excluding hydrogens is 377 g/mol. The molecule has 2 rings (SSSR count). The number of amides is 1. The van der Waals surface area contributed by atoms with Crippen LogP contribution in [0.15, 0.2) is 36.4 Å². The van der Waals surface area contributed by atoms with Gasteiger partial charge in [0.1, 0.15) is 11.4 Å². The number of alkyl halides is 3. The number of anilines is 1. The van der Waals surface area contributed by atoms with Gasteiger partial charge in [0.05, 0.1) is 23.8 Å². The number of aromatic nitrogens is 1. The molecule has 0 bridgehead atoms. The van der Waals surface area contributed by atoms with Gasteiger partial charge in [-0.15, -0.1) is 0 Å². The zero-order valence-corrected chi connectivity index (χ0v) is 15.7. The van der Waals surface area contributed by atoms with Gasteiger partial charge in [0.15, 0.2) is 0 Å². The molecule has 0 radical (unpaired) electrons. The first-order valence-corrected chi connectivity index (χ1v) is 8.18. The minimum atomic E-state index is -4.68. The van der Waals surface area contributed by atoms with Crippen molar-refractivity contribution in [3.63, 3.8) is 0 Å². The third-order valence-corrected chi connectivity index (χ3v) is 3.38. The second-order valence-corrected chi connectivity index (χ2v) is 6.78. The summed E-state index contributed by atoms with van der Waals surface area (Å²) in [5.41, 5.74) is -2.72. The number of halogens is 3. The molecule has 28 heavy (non-hydrogen) atoms. The molecule has 0 spiro atoms. The van der Waals surface area contributed by atoms with Crippen LogP contribution in [0.1, 0.15) is 47.1 Å². The van der Waals surface area contributed by atoms with E-state index in [-0.39, 0.29) is 17.3 Å². The number of rotatable bonds is 4. The number of ether oxygens (including phenoxy) is 2. The summed E-state index contributed by atoms with van der Waals surface area (Å²) in [5.74, 6) is -1.59. The van der Waals surface area contributed by atoms with Crippen molar-refractivity contribution in [1.29, 1.82) is 0 Å². The van der Waals surface area contributed by atoms with E-state index in [9.17, 15) is 22.8 Å². The van der Waals surface area contributed by atoms with Gasteiger partial charge < -0.3 is 14.8 Å². The molecule has 0 atom stereocenters. The number of carbonyl (C=O) groups is 2. The molecule has 150 valence electrons. The summed E-state index contributed by atoms with van der Waals surface area (Å²) < 4.78 is 49.4. The largest absolute Gasteiger partial charge is 0.481 e. The Labute approximate surface area is 159 Å². The van der Waals surface area contributed by atoms with Gasteiger partial charge in [0.2, 0.25) is 5.88 Å². The molecule has 9 heteroatoms. The summed E-state index contributed by atoms with van der Waals surface area (Å²) in [5, 5.41) is 2.36. The van der Waals surface area contributed by atoms with Gasteiger partial charge in [-0.05, 0) is 45.0 Å². The van der Waals surface area contributed by atoms with E-state index < -0.39 is 34.8 Å². The van der Waals surface area contributed by atoms with E-state index in [1.807, 2.05) is 0 Å². The van der Waals surface area contributed by atoms with Crippen molar-refractivity contribution in [1.82, 2.24) is 4.98 Å². The van der Waals surface area contributed by atoms with Gasteiger partial charge >= 0.3 is 12.1 Å². The Morgan fingerprint density at radius 3 is 2.29 bits per heavy atom. The lowest BCUT2D eigenvalue weighted by Gasteiger charge is -2.21. The molecule has 0 aliphatic heterocycles. The highest BCUT2D eigenvalue weighted by Crippen LogP contribution is 2.31. The molecule has 0 saturated carbocycles. The fourth-order valence-corrected chi connectivity index (χ4v) is 2.20. The highest BCUT2D eigenvalue weighted by molar-refractivity contribution is 6.11. The molecule has 1 amide bonds. The monoisotopic (exact) mass is 396 g/mol. The van der Waals surface area contributed by atoms with Gasteiger partial charge in [-0.1, -0.05) is 6.07 Å². The van der Waals surface area contributed by atoms with E-state index in [1.54, 1.807) is 26.8 Å². The second-order valence-electron chi connectivity index (χ2n) is 6.78. The van der Waals surface area contributed by atoms with Crippen LogP contribution in [0, 0.1) is 0 Å². The Balaban J connectivity index is 2.45. The number of hydrogen-bond donors (Lipinski definition) is 1. The Hall–Kier alpha value is -3.10. The minimum Gasteiger partial charge on any atom is -0.481 e. The molecule has 6 nitrogen and oxygen atoms in total. The van der Waals surface area contributed by atoms with Crippen LogP contribution in [0.2, 0.25) is 0 Å². The molecule has 0 aliphatic carbocycles. The second kappa shape index (κ2) is 7.87. The van der Waals surface area contributed by atoms with Gasteiger partial charge in [0.25, 0.3) is 5.91 Å². The van der Waals surface area contributed by atoms with Crippen LogP contribution in [-0.4, -0.2) is 29.6 Å². The van der Waals surface area contributed by atoms with Crippen LogP contribution in [0.3, 0.4) is 0 Å². The smallest absolute Gasteiger partial charge is 0.416 e. The molecule has 1 aromatic heterocycles. The van der Waals surface area contributed by atoms with Gasteiger partial charge in [-0.2, -0.15) is 18.2 Å². The Bertz CT molecular complexity index is 889. The van der Waals surface area contributed by atoms with E-state index in [1.165, 1.54) is 19.2 Å². The van der Waals surface area contributed by atoms with E-state index in [0.717, 1.165) is 12.1 Å². The number of esters is 1. The van der Waals surface area contributed by atoms with Crippen molar-refractivity contribution in [2.24, 2.45) is 0 Å². The maximum Gasteiger partial charge on any atom is 0.416 e. The number of benzene rings is 1. The quantitative estimate of drug-likeness (QED) is 0.779. The number of pyridine rings is 1. The normalized spacial score (nSPS) is 11.7. The van der Waals surface area contributed by atoms with Crippen molar-refractivity contribution in [2.45, 2.75) is 32.5 Å². The predicted molar refractivity (Wildman–Crippen MR) is 95.4 cm³/mol. The SMILES string of the molecule is COc1cccc(NC(=O)c2cc(C(F)(F)F)ccc2C(=O)OC(C)(C)C)n1. The molecule has 0 fully saturated rings. The van der Waals surface area contributed by atoms with Crippen LogP contribution in [0.4, 0.5) is 19.0 Å². The molecule has 1 N–H and O–H groups in total. The molecule has 1 aromatic carbocycles. The predicted octanol–water partition coefficient (Wildman–Crippen LogP) is 4.32. The molecule has 2 aromatic rings. The standard InChI is InChI=1S/C19H19F3N2O4/c1-18(2,3)28-17(26)12-9-8-11(19(20,21)22)10-13(12)16(25)24-14-6-5-7-15(23-14)27-4/h5-10H,1-4H3,(H,23,24,25). The fraction of sp³-hybridized carbons (Fsp3) is 0.316. The maximum atomic E-state index is 13.1. The first kappa shape index (κ1) is 21.2. The average Bonchev–Trinajstić information content (AvgIpc) is 2.59. The van der Waals surface area contributed by atoms with Gasteiger partial charge in [-0.25, -0.2) is 4.79 Å². The van der Waals surface area contributed by atoms with E-state index in [0.29, 0.717) is 6.07 Å². The minimum absolute atomic E-state index is 0.0527. The average molecular weight is 396 g/mol. The van der Waals surface area contributed by atoms with Crippen molar-refractivity contribution < 1.29 is 32.2 Å². The van der Waals surface area contributed by atoms with Crippen LogP contribution >= 0.6 is 0 Å². The van der Waals surface area contributed by atoms with E-state index in [2.05, 4.69) is 10.3 Å². The number of hydrogen-bond acceptors (Lipinski definition) is 5. The number of nitrogens with one attached hydrogen (secondary N) is 1. The van der Waals surface area contributed by atoms with E-state index in [4.69, 9.17) is 9.47 Å². The Morgan fingerprint density at radius 2 is 1.71 bits per heavy atom. The van der Waals surface area contributed by atoms with Crippen molar-refractivity contribution >= 4 is 17.7 Å². The summed E-state index contributed by atoms with van der Waals surface area (Å²) in [4.78, 5) is 29.0. The first-order valence-electron chi connectivity index (χ1n) is 8.18. The Morgan fingerprint density at radius 1 is 1.04 bits per heavy atom. The highest BCUT2D eigenvalue weighted by Gasteiger charge is 2.33. The summed E-state index contributed by atoms with van der Waals surface area (Å²) in [7, 11) is 1.38. The first-order chi connectivity index (χ1) is 12.9. The van der Waals surface area contributed by atoms with Crippen molar-refractivity contribution in [3.8, 4) is 5.88 Å². The zero-order chi connectivity index (χ0) is 21.1. The van der Waals surface area contributed by atoms with Gasteiger partial charge in [-0.3, -0.25) is 4.79 Å². The molecule has 0 saturated heterocycles. The van der Waals surface area contributed by atoms with Crippen LogP contribution in [0.5, 0.6) is 5.88 Å². The Kier molecular flexibility index (Phi) is 5.96. The number of methoxy groups -OCH3 is 1. The summed E-state index contributed by atoms with van der Waals surface area (Å²) in [6, 6.07) is 6.76. The summed E-state index contributed by atoms with van der Waals surface area (Å²) in [6.07, 6.45) is -4.68. The molecule has 0 unspecified atom stereocenters. The molecular formula is C19H19F3N2O4. The van der Waals surface area contributed by atoms with Gasteiger partial charge in [0, 0.05) is 6.07 Å². The summed E-state index contributed by atoms with van der Waals surface area (Å²) in [6.45, 7) is 4.82. The lowest BCUT2D eigenvalue weighted by Crippen LogP contribution is -2.26. The van der Waals surface area contributed by atoms with E-state index >= 15 is 0 Å². The van der Waals surface area contributed by atoms with Crippen LogP contribution in [-0.2, 0) is 10.9 Å². The van der Waals surface area contributed by atoms with Crippen molar-refractivity contribution in [3.05, 3.63) is 53.1 Å². The number of nitrogens with zero attached hydrogens (tertiary/aromatic N) is 1. The third-order valence-electron chi connectivity index (χ3n) is 3.38. The van der Waals surface area contributed by atoms with Crippen LogP contribution < -0.4 is 10.1 Å². The zero-order valence-electron chi connectivity index (χ0n) is 15.7. The highest BCUT2D eigenvalue weighted by atomic mass is 19.4. The topological polar surface area (TPSA) is 77.5 Å². The molecule has 0 aliphatic rings. The lowest BCUT2D eigenvalue weighted by molar-refractivity contribution is -0.137. The maximum absolute atomic E-state index is 13.1. The third kappa shape index (κ3) is 5.45. The lowest BCUT2D eigenvalue weighted by atomic mass is 10.0. The fourth-order valence-electron chi connectivity index (χ4n) is 2.20. The summed E-state index contributed by atoms with van der Waals surface area (Å²) >= 11 is 0. The number of carbonyl (C=O) groups excluding carboxylic acids is 2. The molecule has 1 heterocycles. The van der Waals surface area contributed by atoms with Crippen LogP contribution in [0.25, 0.3) is 0 Å². The van der Waals surface area contributed by atoms with Crippen molar-refractivity contribution in [2.75, 3.05) is 12.4 Å².